The average molecular weight is 135 g/mol. The van der Waals surface area contributed by atoms with Gasteiger partial charge in [-0.3, -0.25) is 0 Å². The molecule has 0 spiro atoms. The van der Waals surface area contributed by atoms with Crippen molar-refractivity contribution in [2.75, 3.05) is 0 Å². The van der Waals surface area contributed by atoms with Crippen LogP contribution in [-0.4, -0.2) is 6.21 Å². The van der Waals surface area contributed by atoms with Gasteiger partial charge in [-0.25, -0.2) is 0 Å². The molecule has 1 N–H and O–H groups in total. The number of hydrogen-bond acceptors (Lipinski definition) is 1. The Kier molecular flexibility index (Phi) is 5.35. The quantitative estimate of drug-likeness (QED) is 0.572. The standard InChI is InChI=1S/C7H7N.C2H6/c8-6-7-4-2-1-3-5-7;1-2/h1-6,8H;1-2H3. The van der Waals surface area contributed by atoms with E-state index in [0.717, 1.165) is 5.56 Å². The van der Waals surface area contributed by atoms with Gasteiger partial charge in [-0.15, -0.1) is 0 Å². The van der Waals surface area contributed by atoms with Crippen LogP contribution in [0.5, 0.6) is 0 Å². The van der Waals surface area contributed by atoms with Crippen LogP contribution in [-0.2, 0) is 0 Å². The van der Waals surface area contributed by atoms with Gasteiger partial charge in [-0.05, 0) is 5.56 Å². The maximum atomic E-state index is 6.82. The van der Waals surface area contributed by atoms with E-state index in [4.69, 9.17) is 5.41 Å². The molecule has 10 heavy (non-hydrogen) atoms. The first-order valence-corrected chi connectivity index (χ1v) is 3.49. The van der Waals surface area contributed by atoms with Crippen molar-refractivity contribution in [3.8, 4) is 0 Å². The summed E-state index contributed by atoms with van der Waals surface area (Å²) in [5.41, 5.74) is 0.951. The molecule has 0 aliphatic carbocycles. The van der Waals surface area contributed by atoms with E-state index in [1.807, 2.05) is 44.2 Å². The van der Waals surface area contributed by atoms with Crippen LogP contribution in [0.3, 0.4) is 0 Å². The van der Waals surface area contributed by atoms with E-state index in [2.05, 4.69) is 0 Å². The van der Waals surface area contributed by atoms with Gasteiger partial charge in [-0.2, -0.15) is 0 Å². The molecule has 0 aliphatic heterocycles. The summed E-state index contributed by atoms with van der Waals surface area (Å²) in [4.78, 5) is 0. The first-order chi connectivity index (χ1) is 4.93. The van der Waals surface area contributed by atoms with Crippen LogP contribution < -0.4 is 0 Å². The van der Waals surface area contributed by atoms with Crippen molar-refractivity contribution in [1.29, 1.82) is 5.41 Å². The van der Waals surface area contributed by atoms with E-state index in [0.29, 0.717) is 0 Å². The highest BCUT2D eigenvalue weighted by Gasteiger charge is 1.77. The molecule has 0 bridgehead atoms. The zero-order chi connectivity index (χ0) is 7.82. The van der Waals surface area contributed by atoms with E-state index < -0.39 is 0 Å². The highest BCUT2D eigenvalue weighted by atomic mass is 14.3. The summed E-state index contributed by atoms with van der Waals surface area (Å²) in [6, 6.07) is 9.56. The Morgan fingerprint density at radius 3 is 1.90 bits per heavy atom. The topological polar surface area (TPSA) is 23.9 Å². The minimum Gasteiger partial charge on any atom is -0.308 e. The third-order valence-electron chi connectivity index (χ3n) is 0.966. The maximum Gasteiger partial charge on any atom is 0.0250 e. The highest BCUT2D eigenvalue weighted by Crippen LogP contribution is 1.91. The van der Waals surface area contributed by atoms with Gasteiger partial charge in [0, 0.05) is 6.21 Å². The smallest absolute Gasteiger partial charge is 0.0250 e. The molecule has 0 saturated heterocycles. The van der Waals surface area contributed by atoms with E-state index in [1.165, 1.54) is 6.21 Å². The van der Waals surface area contributed by atoms with Gasteiger partial charge in [0.15, 0.2) is 0 Å². The largest absolute Gasteiger partial charge is 0.308 e. The summed E-state index contributed by atoms with van der Waals surface area (Å²) in [5.74, 6) is 0. The summed E-state index contributed by atoms with van der Waals surface area (Å²) >= 11 is 0. The molecule has 1 aromatic rings. The van der Waals surface area contributed by atoms with Crippen LogP contribution in [0.2, 0.25) is 0 Å². The molecular formula is C9H13N. The molecule has 0 radical (unpaired) electrons. The number of rotatable bonds is 1. The van der Waals surface area contributed by atoms with Crippen molar-refractivity contribution in [3.63, 3.8) is 0 Å². The zero-order valence-corrected chi connectivity index (χ0v) is 6.46. The Morgan fingerprint density at radius 1 is 1.10 bits per heavy atom. The van der Waals surface area contributed by atoms with E-state index in [9.17, 15) is 0 Å². The summed E-state index contributed by atoms with van der Waals surface area (Å²) in [6.45, 7) is 4.00. The predicted octanol–water partition coefficient (Wildman–Crippen LogP) is 2.71. The third kappa shape index (κ3) is 3.02. The molecule has 54 valence electrons. The lowest BCUT2D eigenvalue weighted by atomic mass is 10.2. The van der Waals surface area contributed by atoms with Crippen molar-refractivity contribution >= 4 is 6.21 Å². The van der Waals surface area contributed by atoms with E-state index in [-0.39, 0.29) is 0 Å². The van der Waals surface area contributed by atoms with Crippen molar-refractivity contribution in [2.24, 2.45) is 0 Å². The monoisotopic (exact) mass is 135 g/mol. The molecule has 0 aliphatic rings. The van der Waals surface area contributed by atoms with Crippen molar-refractivity contribution in [2.45, 2.75) is 13.8 Å². The lowest BCUT2D eigenvalue weighted by Gasteiger charge is -1.84. The minimum atomic E-state index is 0.951. The van der Waals surface area contributed by atoms with Crippen LogP contribution in [0, 0.1) is 5.41 Å². The van der Waals surface area contributed by atoms with Gasteiger partial charge in [0.05, 0.1) is 0 Å². The molecule has 0 aromatic heterocycles. The second-order valence-corrected chi connectivity index (χ2v) is 1.56. The lowest BCUT2D eigenvalue weighted by Crippen LogP contribution is -1.73. The first kappa shape index (κ1) is 8.89. The summed E-state index contributed by atoms with van der Waals surface area (Å²) in [5, 5.41) is 6.82. The van der Waals surface area contributed by atoms with Gasteiger partial charge >= 0.3 is 0 Å². The van der Waals surface area contributed by atoms with E-state index in [1.54, 1.807) is 0 Å². The molecule has 1 nitrogen and oxygen atoms in total. The van der Waals surface area contributed by atoms with Crippen LogP contribution >= 0.6 is 0 Å². The van der Waals surface area contributed by atoms with E-state index >= 15 is 0 Å². The predicted molar refractivity (Wildman–Crippen MR) is 45.7 cm³/mol. The Hall–Kier alpha value is -1.11. The summed E-state index contributed by atoms with van der Waals surface area (Å²) in [6.07, 6.45) is 1.33. The van der Waals surface area contributed by atoms with Crippen molar-refractivity contribution < 1.29 is 0 Å². The number of benzene rings is 1. The van der Waals surface area contributed by atoms with Crippen LogP contribution in [0.1, 0.15) is 19.4 Å². The van der Waals surface area contributed by atoms with Gasteiger partial charge in [0.2, 0.25) is 0 Å². The molecule has 0 amide bonds. The van der Waals surface area contributed by atoms with Gasteiger partial charge < -0.3 is 5.41 Å². The second-order valence-electron chi connectivity index (χ2n) is 1.56. The summed E-state index contributed by atoms with van der Waals surface area (Å²) in [7, 11) is 0. The molecule has 1 heteroatoms. The molecular weight excluding hydrogens is 122 g/mol. The third-order valence-corrected chi connectivity index (χ3v) is 0.966. The lowest BCUT2D eigenvalue weighted by molar-refractivity contribution is 1.50. The molecule has 0 heterocycles. The molecule has 0 saturated carbocycles. The fourth-order valence-electron chi connectivity index (χ4n) is 0.549. The van der Waals surface area contributed by atoms with Crippen LogP contribution in [0.25, 0.3) is 0 Å². The zero-order valence-electron chi connectivity index (χ0n) is 6.46. The first-order valence-electron chi connectivity index (χ1n) is 3.49. The molecule has 0 atom stereocenters. The van der Waals surface area contributed by atoms with Crippen LogP contribution in [0.4, 0.5) is 0 Å². The summed E-state index contributed by atoms with van der Waals surface area (Å²) < 4.78 is 0. The second kappa shape index (κ2) is 6.02. The molecule has 0 fully saturated rings. The fraction of sp³-hybridized carbons (Fsp3) is 0.222. The normalized spacial score (nSPS) is 7.40. The Morgan fingerprint density at radius 2 is 1.60 bits per heavy atom. The number of nitrogens with one attached hydrogen (secondary N) is 1. The number of hydrogen-bond donors (Lipinski definition) is 1. The molecule has 1 aromatic carbocycles. The van der Waals surface area contributed by atoms with Crippen molar-refractivity contribution in [3.05, 3.63) is 35.9 Å². The van der Waals surface area contributed by atoms with Crippen molar-refractivity contribution in [1.82, 2.24) is 0 Å². The van der Waals surface area contributed by atoms with Gasteiger partial charge in [0.25, 0.3) is 0 Å². The highest BCUT2D eigenvalue weighted by molar-refractivity contribution is 5.76. The van der Waals surface area contributed by atoms with Gasteiger partial charge in [-0.1, -0.05) is 44.2 Å². The Balaban J connectivity index is 0.000000371. The maximum absolute atomic E-state index is 6.82. The minimum absolute atomic E-state index is 0.951. The molecule has 1 rings (SSSR count). The van der Waals surface area contributed by atoms with Crippen LogP contribution in [0.15, 0.2) is 30.3 Å². The van der Waals surface area contributed by atoms with Gasteiger partial charge in [0.1, 0.15) is 0 Å². The Labute approximate surface area is 62.2 Å². The Bertz CT molecular complexity index is 167. The SMILES string of the molecule is CC.N=Cc1ccccc1. The molecule has 0 unspecified atom stereocenters. The average Bonchev–Trinajstić information content (AvgIpc) is 2.10. The fourth-order valence-corrected chi connectivity index (χ4v) is 0.549.